The van der Waals surface area contributed by atoms with Crippen LogP contribution in [0.5, 0.6) is 5.75 Å². The number of piperidine rings is 1. The number of pyridine rings is 2. The summed E-state index contributed by atoms with van der Waals surface area (Å²) >= 11 is 0. The van der Waals surface area contributed by atoms with Crippen LogP contribution in [0.1, 0.15) is 28.9 Å². The number of likely N-dealkylation sites (tertiary alicyclic amines) is 1. The summed E-state index contributed by atoms with van der Waals surface area (Å²) in [5, 5.41) is 0. The van der Waals surface area contributed by atoms with Crippen molar-refractivity contribution >= 4 is 16.9 Å². The molecule has 1 amide bonds. The third kappa shape index (κ3) is 4.31. The van der Waals surface area contributed by atoms with Gasteiger partial charge in [-0.3, -0.25) is 9.78 Å². The van der Waals surface area contributed by atoms with Gasteiger partial charge in [0.1, 0.15) is 17.5 Å². The van der Waals surface area contributed by atoms with Crippen LogP contribution in [0, 0.1) is 0 Å². The average molecular weight is 401 g/mol. The van der Waals surface area contributed by atoms with Crippen molar-refractivity contribution in [2.24, 2.45) is 0 Å². The molecule has 8 heteroatoms. The first-order valence-corrected chi connectivity index (χ1v) is 9.25. The number of alkyl halides is 3. The standard InChI is InChI=1S/C21H18F3N3O2/c22-21(23,24)14-3-1-4-16(13-14)29-15-8-11-27(12-9-15)20(28)19-7-6-17-18(26-19)5-2-10-25-17/h1-7,10,13,15H,8-9,11-12H2. The van der Waals surface area contributed by atoms with Crippen LogP contribution >= 0.6 is 0 Å². The molecule has 0 unspecified atom stereocenters. The zero-order valence-electron chi connectivity index (χ0n) is 15.4. The molecule has 29 heavy (non-hydrogen) atoms. The van der Waals surface area contributed by atoms with Gasteiger partial charge in [-0.2, -0.15) is 13.2 Å². The van der Waals surface area contributed by atoms with E-state index in [1.54, 1.807) is 35.4 Å². The van der Waals surface area contributed by atoms with Crippen molar-refractivity contribution < 1.29 is 22.7 Å². The lowest BCUT2D eigenvalue weighted by Gasteiger charge is -2.32. The highest BCUT2D eigenvalue weighted by molar-refractivity contribution is 5.94. The minimum atomic E-state index is -4.41. The SMILES string of the molecule is O=C(c1ccc2ncccc2n1)N1CCC(Oc2cccc(C(F)(F)F)c2)CC1. The number of halogens is 3. The van der Waals surface area contributed by atoms with Crippen LogP contribution in [0.15, 0.2) is 54.7 Å². The molecule has 2 aromatic heterocycles. The molecule has 1 aliphatic heterocycles. The summed E-state index contributed by atoms with van der Waals surface area (Å²) in [5.74, 6) is 0.0153. The largest absolute Gasteiger partial charge is 0.490 e. The molecule has 1 aromatic carbocycles. The maximum Gasteiger partial charge on any atom is 0.416 e. The van der Waals surface area contributed by atoms with Crippen molar-refractivity contribution in [2.75, 3.05) is 13.1 Å². The fraction of sp³-hybridized carbons (Fsp3) is 0.286. The van der Waals surface area contributed by atoms with Crippen LogP contribution in [0.2, 0.25) is 0 Å². The van der Waals surface area contributed by atoms with E-state index >= 15 is 0 Å². The number of carbonyl (C=O) groups is 1. The molecule has 0 aliphatic carbocycles. The van der Waals surface area contributed by atoms with Crippen molar-refractivity contribution in [3.8, 4) is 5.75 Å². The van der Waals surface area contributed by atoms with E-state index < -0.39 is 11.7 Å². The summed E-state index contributed by atoms with van der Waals surface area (Å²) in [6.07, 6.45) is -1.90. The fourth-order valence-electron chi connectivity index (χ4n) is 3.35. The minimum Gasteiger partial charge on any atom is -0.490 e. The number of carbonyl (C=O) groups excluding carboxylic acids is 1. The third-order valence-corrected chi connectivity index (χ3v) is 4.87. The molecular weight excluding hydrogens is 383 g/mol. The Labute approximate surface area is 165 Å². The Bertz CT molecular complexity index is 1030. The van der Waals surface area contributed by atoms with Gasteiger partial charge in [-0.1, -0.05) is 6.07 Å². The zero-order valence-corrected chi connectivity index (χ0v) is 15.4. The maximum atomic E-state index is 12.8. The maximum absolute atomic E-state index is 12.8. The van der Waals surface area contributed by atoms with Crippen LogP contribution in [-0.2, 0) is 6.18 Å². The molecule has 3 aromatic rings. The van der Waals surface area contributed by atoms with E-state index in [4.69, 9.17) is 4.74 Å². The van der Waals surface area contributed by atoms with Crippen LogP contribution in [0.3, 0.4) is 0 Å². The van der Waals surface area contributed by atoms with E-state index in [1.807, 2.05) is 0 Å². The molecule has 1 fully saturated rings. The van der Waals surface area contributed by atoms with Gasteiger partial charge in [0, 0.05) is 32.1 Å². The molecule has 3 heterocycles. The van der Waals surface area contributed by atoms with E-state index in [0.717, 1.165) is 17.6 Å². The second-order valence-corrected chi connectivity index (χ2v) is 6.87. The highest BCUT2D eigenvalue weighted by Crippen LogP contribution is 2.32. The normalized spacial score (nSPS) is 15.5. The molecule has 4 rings (SSSR count). The lowest BCUT2D eigenvalue weighted by molar-refractivity contribution is -0.137. The average Bonchev–Trinajstić information content (AvgIpc) is 2.73. The molecule has 0 spiro atoms. The summed E-state index contributed by atoms with van der Waals surface area (Å²) in [6.45, 7) is 0.907. The number of rotatable bonds is 3. The molecule has 5 nitrogen and oxygen atoms in total. The molecule has 0 N–H and O–H groups in total. The first-order valence-electron chi connectivity index (χ1n) is 9.25. The molecule has 150 valence electrons. The molecule has 0 bridgehead atoms. The number of hydrogen-bond acceptors (Lipinski definition) is 4. The Balaban J connectivity index is 1.38. The zero-order chi connectivity index (χ0) is 20.4. The topological polar surface area (TPSA) is 55.3 Å². The van der Waals surface area contributed by atoms with Gasteiger partial charge in [0.05, 0.1) is 16.6 Å². The Morgan fingerprint density at radius 2 is 1.83 bits per heavy atom. The highest BCUT2D eigenvalue weighted by atomic mass is 19.4. The van der Waals surface area contributed by atoms with Gasteiger partial charge in [0.15, 0.2) is 0 Å². The number of fused-ring (bicyclic) bond motifs is 1. The lowest BCUT2D eigenvalue weighted by Crippen LogP contribution is -2.42. The number of hydrogen-bond donors (Lipinski definition) is 0. The van der Waals surface area contributed by atoms with Crippen LogP contribution < -0.4 is 4.74 Å². The van der Waals surface area contributed by atoms with Crippen LogP contribution in [-0.4, -0.2) is 40.0 Å². The Hall–Kier alpha value is -3.16. The van der Waals surface area contributed by atoms with E-state index in [9.17, 15) is 18.0 Å². The monoisotopic (exact) mass is 401 g/mol. The summed E-state index contributed by atoms with van der Waals surface area (Å²) in [7, 11) is 0. The summed E-state index contributed by atoms with van der Waals surface area (Å²) in [5.41, 5.74) is 0.987. The van der Waals surface area contributed by atoms with Gasteiger partial charge < -0.3 is 9.64 Å². The molecule has 0 atom stereocenters. The van der Waals surface area contributed by atoms with E-state index in [0.29, 0.717) is 37.1 Å². The van der Waals surface area contributed by atoms with Gasteiger partial charge in [0.2, 0.25) is 0 Å². The van der Waals surface area contributed by atoms with Crippen molar-refractivity contribution in [1.29, 1.82) is 0 Å². The molecule has 1 aliphatic rings. The lowest BCUT2D eigenvalue weighted by atomic mass is 10.1. The number of nitrogens with zero attached hydrogens (tertiary/aromatic N) is 3. The summed E-state index contributed by atoms with van der Waals surface area (Å²) in [4.78, 5) is 23.0. The Morgan fingerprint density at radius 1 is 1.03 bits per heavy atom. The molecule has 0 saturated carbocycles. The fourth-order valence-corrected chi connectivity index (χ4v) is 3.35. The highest BCUT2D eigenvalue weighted by Gasteiger charge is 2.31. The molecule has 0 radical (unpaired) electrons. The smallest absolute Gasteiger partial charge is 0.416 e. The quantitative estimate of drug-likeness (QED) is 0.656. The van der Waals surface area contributed by atoms with Crippen molar-refractivity contribution in [3.63, 3.8) is 0 Å². The molecular formula is C21H18F3N3O2. The Morgan fingerprint density at radius 3 is 2.59 bits per heavy atom. The van der Waals surface area contributed by atoms with E-state index in [1.165, 1.54) is 12.1 Å². The van der Waals surface area contributed by atoms with Gasteiger partial charge in [-0.25, -0.2) is 4.98 Å². The second-order valence-electron chi connectivity index (χ2n) is 6.87. The predicted octanol–water partition coefficient (Wildman–Crippen LogP) is 4.33. The second kappa shape index (κ2) is 7.69. The van der Waals surface area contributed by atoms with Crippen LogP contribution in [0.4, 0.5) is 13.2 Å². The first kappa shape index (κ1) is 19.2. The molecule has 1 saturated heterocycles. The van der Waals surface area contributed by atoms with Crippen molar-refractivity contribution in [3.05, 3.63) is 66.0 Å². The predicted molar refractivity (Wildman–Crippen MR) is 101 cm³/mol. The number of benzene rings is 1. The van der Waals surface area contributed by atoms with Crippen molar-refractivity contribution in [2.45, 2.75) is 25.1 Å². The van der Waals surface area contributed by atoms with Crippen LogP contribution in [0.25, 0.3) is 11.0 Å². The third-order valence-electron chi connectivity index (χ3n) is 4.87. The number of aromatic nitrogens is 2. The van der Waals surface area contributed by atoms with Gasteiger partial charge in [0.25, 0.3) is 5.91 Å². The van der Waals surface area contributed by atoms with E-state index in [-0.39, 0.29) is 17.8 Å². The first-order chi connectivity index (χ1) is 13.9. The summed E-state index contributed by atoms with van der Waals surface area (Å²) < 4.78 is 44.2. The Kier molecular flexibility index (Phi) is 5.08. The van der Waals surface area contributed by atoms with Crippen molar-refractivity contribution in [1.82, 2.24) is 14.9 Å². The van der Waals surface area contributed by atoms with Gasteiger partial charge in [-0.05, 0) is 42.5 Å². The van der Waals surface area contributed by atoms with Gasteiger partial charge >= 0.3 is 6.18 Å². The minimum absolute atomic E-state index is 0.173. The number of ether oxygens (including phenoxy) is 1. The van der Waals surface area contributed by atoms with Gasteiger partial charge in [-0.15, -0.1) is 0 Å². The summed E-state index contributed by atoms with van der Waals surface area (Å²) in [6, 6.07) is 11.8. The number of amides is 1. The van der Waals surface area contributed by atoms with E-state index in [2.05, 4.69) is 9.97 Å².